The number of ether oxygens (including phenoxy) is 2. The van der Waals surface area contributed by atoms with Crippen LogP contribution in [0.15, 0.2) is 64.4 Å². The van der Waals surface area contributed by atoms with Crippen molar-refractivity contribution in [3.05, 3.63) is 85.0 Å². The molecule has 0 spiro atoms. The van der Waals surface area contributed by atoms with E-state index >= 15 is 0 Å². The standard InChI is InChI=1S/C30H38N4O6S/c1-3-4-5-6-14-39-29(35)25-20(2)32-28(31)27(26(25)22-9-7-10-23(16-22)34(37)38)30(36)40-19-21-12-13-33(17-21)18-24-11-8-15-41-24/h7-11,15-16,21,26,32H,3-6,12-14,17-19,31H2,1-2H3. The first-order valence-electron chi connectivity index (χ1n) is 14.1. The first-order valence-corrected chi connectivity index (χ1v) is 15.0. The summed E-state index contributed by atoms with van der Waals surface area (Å²) in [5.74, 6) is -2.02. The van der Waals surface area contributed by atoms with Crippen LogP contribution in [0.1, 0.15) is 62.3 Å². The largest absolute Gasteiger partial charge is 0.462 e. The summed E-state index contributed by atoms with van der Waals surface area (Å²) in [5.41, 5.74) is 7.22. The molecule has 2 aromatic rings. The SMILES string of the molecule is CCCCCCOC(=O)C1=C(C)NC(N)=C(C(=O)OCC2CCN(Cc3cccs3)C2)C1c1cccc([N+](=O)[O-])c1. The molecule has 2 unspecified atom stereocenters. The number of hydrogen-bond acceptors (Lipinski definition) is 10. The zero-order valence-electron chi connectivity index (χ0n) is 23.6. The van der Waals surface area contributed by atoms with E-state index in [1.807, 2.05) is 6.07 Å². The maximum Gasteiger partial charge on any atom is 0.338 e. The summed E-state index contributed by atoms with van der Waals surface area (Å²) in [6.07, 6.45) is 4.65. The number of carbonyl (C=O) groups is 2. The van der Waals surface area contributed by atoms with Gasteiger partial charge in [0.05, 0.1) is 35.2 Å². The fraction of sp³-hybridized carbons (Fsp3) is 0.467. The molecule has 0 amide bonds. The lowest BCUT2D eigenvalue weighted by Crippen LogP contribution is -2.36. The van der Waals surface area contributed by atoms with Gasteiger partial charge >= 0.3 is 11.9 Å². The topological polar surface area (TPSA) is 137 Å². The second kappa shape index (κ2) is 14.3. The van der Waals surface area contributed by atoms with E-state index in [1.165, 1.54) is 23.1 Å². The van der Waals surface area contributed by atoms with E-state index in [0.29, 0.717) is 11.3 Å². The third kappa shape index (κ3) is 7.74. The van der Waals surface area contributed by atoms with Crippen molar-refractivity contribution < 1.29 is 24.0 Å². The number of esters is 2. The fourth-order valence-electron chi connectivity index (χ4n) is 5.36. The maximum absolute atomic E-state index is 13.6. The van der Waals surface area contributed by atoms with Crippen LogP contribution in [0.4, 0.5) is 5.69 Å². The van der Waals surface area contributed by atoms with Gasteiger partial charge in [-0.1, -0.05) is 44.4 Å². The van der Waals surface area contributed by atoms with Gasteiger partial charge in [-0.15, -0.1) is 11.3 Å². The predicted octanol–water partition coefficient (Wildman–Crippen LogP) is 4.98. The van der Waals surface area contributed by atoms with Gasteiger partial charge in [-0.25, -0.2) is 9.59 Å². The third-order valence-electron chi connectivity index (χ3n) is 7.46. The van der Waals surface area contributed by atoms with Crippen molar-refractivity contribution in [2.24, 2.45) is 11.7 Å². The summed E-state index contributed by atoms with van der Waals surface area (Å²) in [6, 6.07) is 10.0. The van der Waals surface area contributed by atoms with Crippen LogP contribution in [0.25, 0.3) is 0 Å². The normalized spacial score (nSPS) is 19.3. The van der Waals surface area contributed by atoms with E-state index in [-0.39, 0.29) is 41.8 Å². The van der Waals surface area contributed by atoms with Gasteiger partial charge in [0.15, 0.2) is 0 Å². The number of allylic oxidation sites excluding steroid dienone is 1. The van der Waals surface area contributed by atoms with Gasteiger partial charge in [0.1, 0.15) is 5.82 Å². The number of unbranched alkanes of at least 4 members (excludes halogenated alkanes) is 3. The molecule has 0 saturated carbocycles. The number of nitrogens with zero attached hydrogens (tertiary/aromatic N) is 2. The van der Waals surface area contributed by atoms with Crippen molar-refractivity contribution in [3.8, 4) is 0 Å². The Labute approximate surface area is 244 Å². The summed E-state index contributed by atoms with van der Waals surface area (Å²) in [4.78, 5) is 41.6. The van der Waals surface area contributed by atoms with Gasteiger partial charge in [0.25, 0.3) is 5.69 Å². The molecule has 3 heterocycles. The first kappa shape index (κ1) is 30.3. The average molecular weight is 583 g/mol. The maximum atomic E-state index is 13.6. The van der Waals surface area contributed by atoms with Crippen LogP contribution in [0.3, 0.4) is 0 Å². The van der Waals surface area contributed by atoms with Crippen LogP contribution in [-0.2, 0) is 25.6 Å². The molecule has 1 aromatic carbocycles. The zero-order chi connectivity index (χ0) is 29.4. The van der Waals surface area contributed by atoms with Crippen molar-refractivity contribution in [1.29, 1.82) is 0 Å². The van der Waals surface area contributed by atoms with E-state index in [2.05, 4.69) is 28.6 Å². The van der Waals surface area contributed by atoms with Crippen LogP contribution < -0.4 is 11.1 Å². The Balaban J connectivity index is 1.52. The number of nitrogens with two attached hydrogens (primary N) is 1. The molecule has 11 heteroatoms. The Morgan fingerprint density at radius 2 is 1.95 bits per heavy atom. The molecule has 2 aliphatic rings. The Morgan fingerprint density at radius 1 is 1.15 bits per heavy atom. The zero-order valence-corrected chi connectivity index (χ0v) is 24.4. The lowest BCUT2D eigenvalue weighted by molar-refractivity contribution is -0.384. The first-order chi connectivity index (χ1) is 19.8. The quantitative estimate of drug-likeness (QED) is 0.145. The number of non-ortho nitro benzene ring substituents is 1. The van der Waals surface area contributed by atoms with Gasteiger partial charge in [0, 0.05) is 41.7 Å². The molecule has 4 rings (SSSR count). The summed E-state index contributed by atoms with van der Waals surface area (Å²) in [5, 5.41) is 16.6. The Bertz CT molecular complexity index is 1310. The number of thiophene rings is 1. The highest BCUT2D eigenvalue weighted by Crippen LogP contribution is 2.39. The Kier molecular flexibility index (Phi) is 10.5. The van der Waals surface area contributed by atoms with Gasteiger partial charge in [0.2, 0.25) is 0 Å². The van der Waals surface area contributed by atoms with E-state index in [9.17, 15) is 19.7 Å². The van der Waals surface area contributed by atoms with Gasteiger partial charge in [-0.3, -0.25) is 15.0 Å². The fourth-order valence-corrected chi connectivity index (χ4v) is 6.11. The Morgan fingerprint density at radius 3 is 2.68 bits per heavy atom. The number of nitro benzene ring substituents is 1. The molecular formula is C30H38N4O6S. The van der Waals surface area contributed by atoms with Crippen molar-refractivity contribution in [3.63, 3.8) is 0 Å². The average Bonchev–Trinajstić information content (AvgIpc) is 3.63. The minimum Gasteiger partial charge on any atom is -0.462 e. The highest BCUT2D eigenvalue weighted by Gasteiger charge is 2.39. The monoisotopic (exact) mass is 582 g/mol. The summed E-state index contributed by atoms with van der Waals surface area (Å²) in [6.45, 7) is 6.81. The molecule has 41 heavy (non-hydrogen) atoms. The smallest absolute Gasteiger partial charge is 0.338 e. The van der Waals surface area contributed by atoms with Crippen LogP contribution in [0.5, 0.6) is 0 Å². The van der Waals surface area contributed by atoms with Crippen LogP contribution in [0.2, 0.25) is 0 Å². The number of carbonyl (C=O) groups excluding carboxylic acids is 2. The predicted molar refractivity (Wildman–Crippen MR) is 157 cm³/mol. The van der Waals surface area contributed by atoms with Crippen LogP contribution in [0, 0.1) is 16.0 Å². The molecule has 1 aromatic heterocycles. The van der Waals surface area contributed by atoms with Gasteiger partial charge in [-0.2, -0.15) is 0 Å². The second-order valence-electron chi connectivity index (χ2n) is 10.5. The van der Waals surface area contributed by atoms with E-state index < -0.39 is 22.8 Å². The highest BCUT2D eigenvalue weighted by molar-refractivity contribution is 7.09. The van der Waals surface area contributed by atoms with E-state index in [4.69, 9.17) is 15.2 Å². The lowest BCUT2D eigenvalue weighted by atomic mass is 9.81. The molecule has 2 atom stereocenters. The second-order valence-corrected chi connectivity index (χ2v) is 11.6. The third-order valence-corrected chi connectivity index (χ3v) is 8.32. The van der Waals surface area contributed by atoms with Crippen molar-refractivity contribution in [2.45, 2.75) is 58.4 Å². The number of dihydropyridines is 1. The molecule has 0 bridgehead atoms. The molecule has 220 valence electrons. The number of hydrogen-bond donors (Lipinski definition) is 2. The molecule has 0 radical (unpaired) electrons. The molecule has 0 aliphatic carbocycles. The summed E-state index contributed by atoms with van der Waals surface area (Å²) in [7, 11) is 0. The molecule has 10 nitrogen and oxygen atoms in total. The molecular weight excluding hydrogens is 544 g/mol. The minimum atomic E-state index is -0.981. The van der Waals surface area contributed by atoms with E-state index in [0.717, 1.165) is 51.7 Å². The van der Waals surface area contributed by atoms with Crippen molar-refractivity contribution >= 4 is 29.0 Å². The molecule has 1 fully saturated rings. The van der Waals surface area contributed by atoms with Crippen LogP contribution in [-0.4, -0.2) is 48.1 Å². The summed E-state index contributed by atoms with van der Waals surface area (Å²) >= 11 is 1.72. The van der Waals surface area contributed by atoms with Crippen molar-refractivity contribution in [2.75, 3.05) is 26.3 Å². The number of nitrogens with one attached hydrogen (secondary N) is 1. The Hall–Kier alpha value is -3.70. The number of nitro groups is 1. The van der Waals surface area contributed by atoms with Crippen LogP contribution >= 0.6 is 11.3 Å². The van der Waals surface area contributed by atoms with E-state index in [1.54, 1.807) is 24.3 Å². The number of rotatable bonds is 13. The van der Waals surface area contributed by atoms with Gasteiger partial charge in [-0.05, 0) is 43.3 Å². The molecule has 3 N–H and O–H groups in total. The number of likely N-dealkylation sites (tertiary alicyclic amines) is 1. The van der Waals surface area contributed by atoms with Crippen molar-refractivity contribution in [1.82, 2.24) is 10.2 Å². The summed E-state index contributed by atoms with van der Waals surface area (Å²) < 4.78 is 11.4. The molecule has 2 aliphatic heterocycles. The highest BCUT2D eigenvalue weighted by atomic mass is 32.1. The number of benzene rings is 1. The van der Waals surface area contributed by atoms with Gasteiger partial charge < -0.3 is 20.5 Å². The lowest BCUT2D eigenvalue weighted by Gasteiger charge is -2.30. The molecule has 1 saturated heterocycles. The minimum absolute atomic E-state index is 0.0440.